The standard InChI is InChI=1S/C14H19NO4/c1-10-3-5-18-12(10)13(16)15-8-14(9-15)7-11(17-2)4-6-19-14/h3,5,11H,4,6-9H2,1-2H3/t11-/m0/s1. The number of hydrogen-bond donors (Lipinski definition) is 0. The summed E-state index contributed by atoms with van der Waals surface area (Å²) in [6, 6.07) is 1.81. The van der Waals surface area contributed by atoms with E-state index < -0.39 is 0 Å². The zero-order valence-electron chi connectivity index (χ0n) is 11.3. The highest BCUT2D eigenvalue weighted by atomic mass is 16.5. The first kappa shape index (κ1) is 12.7. The van der Waals surface area contributed by atoms with E-state index in [1.165, 1.54) is 0 Å². The van der Waals surface area contributed by atoms with E-state index >= 15 is 0 Å². The molecule has 0 N–H and O–H groups in total. The van der Waals surface area contributed by atoms with Gasteiger partial charge in [0.05, 0.1) is 25.5 Å². The van der Waals surface area contributed by atoms with Gasteiger partial charge >= 0.3 is 0 Å². The number of ether oxygens (including phenoxy) is 2. The molecule has 0 saturated carbocycles. The normalized spacial score (nSPS) is 25.4. The van der Waals surface area contributed by atoms with E-state index in [9.17, 15) is 4.79 Å². The first-order chi connectivity index (χ1) is 9.13. The second-order valence-corrected chi connectivity index (χ2v) is 5.48. The van der Waals surface area contributed by atoms with Gasteiger partial charge in [0, 0.05) is 25.7 Å². The molecule has 0 unspecified atom stereocenters. The molecule has 2 saturated heterocycles. The van der Waals surface area contributed by atoms with Crippen molar-refractivity contribution in [3.63, 3.8) is 0 Å². The summed E-state index contributed by atoms with van der Waals surface area (Å²) in [5.74, 6) is 0.394. The van der Waals surface area contributed by atoms with Crippen molar-refractivity contribution in [2.45, 2.75) is 31.5 Å². The van der Waals surface area contributed by atoms with Gasteiger partial charge < -0.3 is 18.8 Å². The number of carbonyl (C=O) groups excluding carboxylic acids is 1. The van der Waals surface area contributed by atoms with Crippen LogP contribution in [0.4, 0.5) is 0 Å². The summed E-state index contributed by atoms with van der Waals surface area (Å²) in [6.07, 6.45) is 3.60. The Labute approximate surface area is 112 Å². The average Bonchev–Trinajstić information content (AvgIpc) is 2.81. The molecule has 5 heteroatoms. The summed E-state index contributed by atoms with van der Waals surface area (Å²) >= 11 is 0. The highest BCUT2D eigenvalue weighted by Gasteiger charge is 2.50. The maximum Gasteiger partial charge on any atom is 0.290 e. The third-order valence-electron chi connectivity index (χ3n) is 4.08. The number of hydrogen-bond acceptors (Lipinski definition) is 4. The molecule has 1 amide bonds. The molecule has 0 bridgehead atoms. The molecule has 19 heavy (non-hydrogen) atoms. The van der Waals surface area contributed by atoms with Crippen LogP contribution >= 0.6 is 0 Å². The molecule has 1 aromatic rings. The van der Waals surface area contributed by atoms with Crippen LogP contribution in [-0.4, -0.2) is 49.3 Å². The van der Waals surface area contributed by atoms with Crippen LogP contribution < -0.4 is 0 Å². The second kappa shape index (κ2) is 4.65. The Morgan fingerprint density at radius 1 is 1.53 bits per heavy atom. The van der Waals surface area contributed by atoms with Crippen LogP contribution in [0.15, 0.2) is 16.7 Å². The van der Waals surface area contributed by atoms with Crippen molar-refractivity contribution in [2.24, 2.45) is 0 Å². The lowest BCUT2D eigenvalue weighted by atomic mass is 9.84. The molecule has 104 valence electrons. The highest BCUT2D eigenvalue weighted by Crippen LogP contribution is 2.36. The van der Waals surface area contributed by atoms with Crippen LogP contribution in [-0.2, 0) is 9.47 Å². The number of methoxy groups -OCH3 is 1. The Bertz CT molecular complexity index is 476. The average molecular weight is 265 g/mol. The lowest BCUT2D eigenvalue weighted by Gasteiger charge is -2.52. The van der Waals surface area contributed by atoms with Crippen molar-refractivity contribution in [1.29, 1.82) is 0 Å². The Kier molecular flexibility index (Phi) is 3.11. The fraction of sp³-hybridized carbons (Fsp3) is 0.643. The summed E-state index contributed by atoms with van der Waals surface area (Å²) < 4.78 is 16.5. The van der Waals surface area contributed by atoms with Crippen LogP contribution in [0, 0.1) is 6.92 Å². The Morgan fingerprint density at radius 2 is 2.32 bits per heavy atom. The molecule has 0 aromatic carbocycles. The number of carbonyl (C=O) groups is 1. The molecule has 1 atom stereocenters. The van der Waals surface area contributed by atoms with Gasteiger partial charge in [0.15, 0.2) is 5.76 Å². The summed E-state index contributed by atoms with van der Waals surface area (Å²) in [7, 11) is 1.73. The number of rotatable bonds is 2. The second-order valence-electron chi connectivity index (χ2n) is 5.48. The van der Waals surface area contributed by atoms with E-state index in [-0.39, 0.29) is 17.6 Å². The molecule has 1 spiro atoms. The molecule has 3 rings (SSSR count). The van der Waals surface area contributed by atoms with Gasteiger partial charge in [-0.1, -0.05) is 0 Å². The van der Waals surface area contributed by atoms with Gasteiger partial charge in [0.25, 0.3) is 5.91 Å². The lowest BCUT2D eigenvalue weighted by molar-refractivity contribution is -0.182. The van der Waals surface area contributed by atoms with Gasteiger partial charge in [-0.05, 0) is 19.4 Å². The summed E-state index contributed by atoms with van der Waals surface area (Å²) in [6.45, 7) is 3.85. The lowest BCUT2D eigenvalue weighted by Crippen LogP contribution is -2.67. The predicted molar refractivity (Wildman–Crippen MR) is 68.1 cm³/mol. The third-order valence-corrected chi connectivity index (χ3v) is 4.08. The van der Waals surface area contributed by atoms with E-state index in [1.807, 2.05) is 6.92 Å². The van der Waals surface area contributed by atoms with Crippen molar-refractivity contribution in [2.75, 3.05) is 26.8 Å². The Balaban J connectivity index is 1.63. The number of nitrogens with zero attached hydrogens (tertiary/aromatic N) is 1. The minimum Gasteiger partial charge on any atom is -0.459 e. The van der Waals surface area contributed by atoms with Crippen LogP contribution in [0.25, 0.3) is 0 Å². The van der Waals surface area contributed by atoms with E-state index in [0.29, 0.717) is 25.5 Å². The van der Waals surface area contributed by atoms with Gasteiger partial charge in [-0.2, -0.15) is 0 Å². The number of amides is 1. The van der Waals surface area contributed by atoms with Crippen molar-refractivity contribution >= 4 is 5.91 Å². The minimum atomic E-state index is -0.199. The van der Waals surface area contributed by atoms with E-state index in [1.54, 1.807) is 24.3 Å². The molecule has 2 aliphatic rings. The van der Waals surface area contributed by atoms with Gasteiger partial charge in [0.2, 0.25) is 0 Å². The van der Waals surface area contributed by atoms with E-state index in [4.69, 9.17) is 13.9 Å². The van der Waals surface area contributed by atoms with Crippen LogP contribution in [0.5, 0.6) is 0 Å². The van der Waals surface area contributed by atoms with Crippen LogP contribution in [0.1, 0.15) is 29.0 Å². The van der Waals surface area contributed by atoms with Gasteiger partial charge in [0.1, 0.15) is 5.60 Å². The molecule has 2 aliphatic heterocycles. The topological polar surface area (TPSA) is 51.9 Å². The zero-order chi connectivity index (χ0) is 13.5. The maximum atomic E-state index is 12.2. The number of aryl methyl sites for hydroxylation is 1. The van der Waals surface area contributed by atoms with Crippen molar-refractivity contribution in [3.05, 3.63) is 23.7 Å². The van der Waals surface area contributed by atoms with Crippen LogP contribution in [0.3, 0.4) is 0 Å². The first-order valence-corrected chi connectivity index (χ1v) is 6.64. The monoisotopic (exact) mass is 265 g/mol. The van der Waals surface area contributed by atoms with Gasteiger partial charge in [-0.3, -0.25) is 4.79 Å². The molecule has 3 heterocycles. The minimum absolute atomic E-state index is 0.0451. The predicted octanol–water partition coefficient (Wildman–Crippen LogP) is 1.61. The van der Waals surface area contributed by atoms with E-state index in [2.05, 4.69) is 0 Å². The highest BCUT2D eigenvalue weighted by molar-refractivity contribution is 5.93. The SMILES string of the molecule is CO[C@H]1CCOC2(C1)CN(C(=O)c1occc1C)C2. The molecule has 0 aliphatic carbocycles. The molecule has 2 fully saturated rings. The third kappa shape index (κ3) is 2.17. The van der Waals surface area contributed by atoms with Crippen molar-refractivity contribution in [1.82, 2.24) is 4.90 Å². The fourth-order valence-corrected chi connectivity index (χ4v) is 2.93. The van der Waals surface area contributed by atoms with Crippen LogP contribution in [0.2, 0.25) is 0 Å². The zero-order valence-corrected chi connectivity index (χ0v) is 11.3. The molecule has 1 aromatic heterocycles. The summed E-state index contributed by atoms with van der Waals surface area (Å²) in [5.41, 5.74) is 0.681. The number of likely N-dealkylation sites (tertiary alicyclic amines) is 1. The molecule has 0 radical (unpaired) electrons. The Morgan fingerprint density at radius 3 is 2.95 bits per heavy atom. The maximum absolute atomic E-state index is 12.2. The quantitative estimate of drug-likeness (QED) is 0.815. The first-order valence-electron chi connectivity index (χ1n) is 6.64. The van der Waals surface area contributed by atoms with E-state index in [0.717, 1.165) is 18.4 Å². The summed E-state index contributed by atoms with van der Waals surface area (Å²) in [5, 5.41) is 0. The van der Waals surface area contributed by atoms with Crippen molar-refractivity contribution < 1.29 is 18.7 Å². The van der Waals surface area contributed by atoms with Gasteiger partial charge in [-0.15, -0.1) is 0 Å². The fourth-order valence-electron chi connectivity index (χ4n) is 2.93. The largest absolute Gasteiger partial charge is 0.459 e. The molecular formula is C14H19NO4. The number of furan rings is 1. The van der Waals surface area contributed by atoms with Crippen molar-refractivity contribution in [3.8, 4) is 0 Å². The Hall–Kier alpha value is -1.33. The molecule has 5 nitrogen and oxygen atoms in total. The summed E-state index contributed by atoms with van der Waals surface area (Å²) in [4.78, 5) is 14.0. The molecular weight excluding hydrogens is 246 g/mol. The van der Waals surface area contributed by atoms with Gasteiger partial charge in [-0.25, -0.2) is 0 Å². The smallest absolute Gasteiger partial charge is 0.290 e.